The van der Waals surface area contributed by atoms with Crippen molar-refractivity contribution in [3.8, 4) is 0 Å². The van der Waals surface area contributed by atoms with E-state index >= 15 is 0 Å². The van der Waals surface area contributed by atoms with Crippen LogP contribution in [-0.4, -0.2) is 103 Å². The number of hydrogen-bond donors (Lipinski definition) is 4. The predicted molar refractivity (Wildman–Crippen MR) is 193 cm³/mol. The third-order valence-corrected chi connectivity index (χ3v) is 17.9. The lowest BCUT2D eigenvalue weighted by molar-refractivity contribution is -0.182. The number of nitrogens with zero attached hydrogens (tertiary/aromatic N) is 8. The number of nitrogen functional groups attached to an aromatic ring is 2. The van der Waals surface area contributed by atoms with Gasteiger partial charge in [0.25, 0.3) is 0 Å². The Bertz CT molecular complexity index is 2140. The molecule has 4 aliphatic heterocycles. The first kappa shape index (κ1) is 36.7. The minimum atomic E-state index is -4.31. The highest BCUT2D eigenvalue weighted by Gasteiger charge is 2.66. The maximum absolute atomic E-state index is 14.4. The molecule has 8 heterocycles. The van der Waals surface area contributed by atoms with E-state index in [0.29, 0.717) is 22.3 Å². The molecule has 4 saturated heterocycles. The lowest BCUT2D eigenvalue weighted by Gasteiger charge is -2.40. The van der Waals surface area contributed by atoms with Gasteiger partial charge in [-0.3, -0.25) is 27.2 Å². The molecule has 1 unspecified atom stereocenters. The smallest absolute Gasteiger partial charge is 0.386 e. The third-order valence-electron chi connectivity index (χ3n) is 10.2. The van der Waals surface area contributed by atoms with E-state index in [2.05, 4.69) is 75.2 Å². The number of fused-ring (bicyclic) bond motifs is 4. The van der Waals surface area contributed by atoms with Crippen molar-refractivity contribution in [3.63, 3.8) is 0 Å². The molecule has 8 rings (SSSR count). The Morgan fingerprint density at radius 3 is 2.08 bits per heavy atom. The summed E-state index contributed by atoms with van der Waals surface area (Å²) < 4.78 is 82.2. The maximum Gasteiger partial charge on any atom is 0.386 e. The molecule has 282 valence electrons. The molecule has 0 aromatic carbocycles. The molecular formula is C27H38N10O10P2S2Si. The quantitative estimate of drug-likeness (QED) is 0.130. The predicted octanol–water partition coefficient (Wildman–Crippen LogP) is 3.68. The van der Waals surface area contributed by atoms with E-state index in [-0.39, 0.29) is 29.9 Å². The fourth-order valence-electron chi connectivity index (χ4n) is 6.54. The summed E-state index contributed by atoms with van der Waals surface area (Å²) in [6.45, 7) is 0.889. The molecule has 4 aromatic heterocycles. The fraction of sp³-hybridized carbons (Fsp3) is 0.630. The number of rotatable bonds is 4. The van der Waals surface area contributed by atoms with Crippen molar-refractivity contribution in [3.05, 3.63) is 25.3 Å². The molecule has 20 nitrogen and oxygen atoms in total. The molecule has 0 radical (unpaired) electrons. The van der Waals surface area contributed by atoms with Crippen LogP contribution in [0, 0.1) is 0 Å². The second-order valence-electron chi connectivity index (χ2n) is 14.5. The fourth-order valence-corrected chi connectivity index (χ4v) is 10.8. The van der Waals surface area contributed by atoms with E-state index in [1.807, 2.05) is 13.1 Å². The van der Waals surface area contributed by atoms with Crippen LogP contribution in [0.4, 0.5) is 11.6 Å². The Morgan fingerprint density at radius 2 is 1.46 bits per heavy atom. The average Bonchev–Trinajstić information content (AvgIpc) is 3.87. The van der Waals surface area contributed by atoms with Gasteiger partial charge in [-0.05, 0) is 18.1 Å². The summed E-state index contributed by atoms with van der Waals surface area (Å²) >= 11 is 8.80. The van der Waals surface area contributed by atoms with E-state index in [4.69, 9.17) is 48.2 Å². The summed E-state index contributed by atoms with van der Waals surface area (Å²) in [6, 6.07) is 0. The van der Waals surface area contributed by atoms with Crippen molar-refractivity contribution in [2.24, 2.45) is 0 Å². The zero-order chi connectivity index (χ0) is 37.0. The van der Waals surface area contributed by atoms with Crippen LogP contribution in [0.25, 0.3) is 22.3 Å². The highest BCUT2D eigenvalue weighted by atomic mass is 32.7. The average molecular weight is 817 g/mol. The van der Waals surface area contributed by atoms with Gasteiger partial charge in [0.2, 0.25) is 0 Å². The number of hydrogen-bond acceptors (Lipinski definition) is 18. The lowest BCUT2D eigenvalue weighted by atomic mass is 10.0. The Kier molecular flexibility index (Phi) is 8.93. The molecule has 25 heteroatoms. The molecule has 0 spiro atoms. The number of thiol groups is 2. The molecule has 4 aromatic rings. The Morgan fingerprint density at radius 1 is 0.865 bits per heavy atom. The van der Waals surface area contributed by atoms with Gasteiger partial charge < -0.3 is 30.1 Å². The van der Waals surface area contributed by atoms with Crippen LogP contribution in [0.1, 0.15) is 33.2 Å². The van der Waals surface area contributed by atoms with Crippen molar-refractivity contribution in [1.29, 1.82) is 0 Å². The van der Waals surface area contributed by atoms with Gasteiger partial charge in [-0.25, -0.2) is 39.0 Å². The summed E-state index contributed by atoms with van der Waals surface area (Å²) in [5.74, 6) is 0.312. The monoisotopic (exact) mass is 816 g/mol. The topological polar surface area (TPSA) is 247 Å². The minimum absolute atomic E-state index is 0.0960. The number of aromatic nitrogens is 8. The summed E-state index contributed by atoms with van der Waals surface area (Å²) in [5, 5.41) is -0.265. The molecule has 0 amide bonds. The standard InChI is InChI=1S/C27H38N10O10P2S2Si/c1-26(2,3)52(4,5)47-16-13-6-41-48(38,50)46-19-18-25(37-12-35-15-21(29)31-10-33-23(15)37)44-27(19,7-40-18)8-42-49(39,51)45-17(16)24(43-13)36-11-34-14-20(28)30-9-32-22(14)36/h9-13,16-19,24-25H,6-8H2,1-5H3,(H,38,50)(H,39,51)(H2,28,30,32)(H2,29,31,33)/t13-,16?,17-,18-,19+,24-,25-,27-,48+,49+/m1/s1. The van der Waals surface area contributed by atoms with E-state index in [0.717, 1.165) is 0 Å². The van der Waals surface area contributed by atoms with Crippen LogP contribution in [0.2, 0.25) is 18.1 Å². The number of nitrogens with two attached hydrogens (primary N) is 2. The first-order valence-electron chi connectivity index (χ1n) is 16.2. The van der Waals surface area contributed by atoms with Gasteiger partial charge in [0.1, 0.15) is 59.8 Å². The van der Waals surface area contributed by atoms with Crippen LogP contribution in [-0.2, 0) is 45.9 Å². The van der Waals surface area contributed by atoms with Gasteiger partial charge in [0.05, 0.1) is 32.5 Å². The highest BCUT2D eigenvalue weighted by Crippen LogP contribution is 2.63. The van der Waals surface area contributed by atoms with Gasteiger partial charge in [-0.1, -0.05) is 45.3 Å². The van der Waals surface area contributed by atoms with Gasteiger partial charge in [0.15, 0.2) is 43.7 Å². The zero-order valence-corrected chi connectivity index (χ0v) is 33.2. The third kappa shape index (κ3) is 6.20. The summed E-state index contributed by atoms with van der Waals surface area (Å²) in [4.78, 5) is 25.4. The number of anilines is 2. The van der Waals surface area contributed by atoms with E-state index in [1.54, 1.807) is 9.13 Å². The molecular weight excluding hydrogens is 779 g/mol. The summed E-state index contributed by atoms with van der Waals surface area (Å²) in [7, 11) is -2.61. The molecule has 4 bridgehead atoms. The van der Waals surface area contributed by atoms with Crippen LogP contribution in [0.15, 0.2) is 25.3 Å². The molecule has 0 aliphatic carbocycles. The number of imidazole rings is 2. The molecule has 4 aliphatic rings. The van der Waals surface area contributed by atoms with E-state index in [1.165, 1.54) is 25.3 Å². The molecule has 52 heavy (non-hydrogen) atoms. The van der Waals surface area contributed by atoms with Gasteiger partial charge >= 0.3 is 13.6 Å². The van der Waals surface area contributed by atoms with Gasteiger partial charge in [-0.15, -0.1) is 0 Å². The van der Waals surface area contributed by atoms with Crippen molar-refractivity contribution >= 4 is 80.4 Å². The van der Waals surface area contributed by atoms with Gasteiger partial charge in [-0.2, -0.15) is 0 Å². The SMILES string of the molecule is CC(C)(C)[Si](C)(C)OC1[C@H]2O[P@@](=O)(S)OC[C@@]34CO[C@@H]([C@H](n5cnc6c(N)ncnc65)O3)[C@@H]4O[P@@](=O)(S)OC[C@H]1O[C@H]2n1cnc2c(N)ncnc21. The highest BCUT2D eigenvalue weighted by molar-refractivity contribution is 8.44. The van der Waals surface area contributed by atoms with Crippen molar-refractivity contribution in [2.45, 2.75) is 87.5 Å². The molecule has 4 N–H and O–H groups in total. The normalized spacial score (nSPS) is 37.2. The number of ether oxygens (including phenoxy) is 3. The first-order chi connectivity index (χ1) is 24.4. The van der Waals surface area contributed by atoms with Crippen LogP contribution in [0.5, 0.6) is 0 Å². The van der Waals surface area contributed by atoms with Crippen molar-refractivity contribution in [1.82, 2.24) is 39.0 Å². The lowest BCUT2D eigenvalue weighted by Crippen LogP contribution is -2.50. The summed E-state index contributed by atoms with van der Waals surface area (Å²) in [5.41, 5.74) is 12.0. The molecule has 4 fully saturated rings. The summed E-state index contributed by atoms with van der Waals surface area (Å²) in [6.07, 6.45) is -1.54. The van der Waals surface area contributed by atoms with E-state index < -0.39 is 77.1 Å². The minimum Gasteiger partial charge on any atom is -0.408 e. The van der Waals surface area contributed by atoms with Gasteiger partial charge in [0, 0.05) is 0 Å². The second-order valence-corrected chi connectivity index (χ2v) is 25.0. The van der Waals surface area contributed by atoms with Crippen molar-refractivity contribution < 1.29 is 45.9 Å². The van der Waals surface area contributed by atoms with E-state index in [9.17, 15) is 9.13 Å². The van der Waals surface area contributed by atoms with Crippen LogP contribution < -0.4 is 11.5 Å². The molecule has 10 atom stereocenters. The Hall–Kier alpha value is -2.24. The second kappa shape index (κ2) is 12.7. The Labute approximate surface area is 308 Å². The Balaban J connectivity index is 1.18. The van der Waals surface area contributed by atoms with Crippen LogP contribution >= 0.6 is 38.1 Å². The zero-order valence-electron chi connectivity index (χ0n) is 28.6. The largest absolute Gasteiger partial charge is 0.408 e. The van der Waals surface area contributed by atoms with Crippen molar-refractivity contribution in [2.75, 3.05) is 31.3 Å². The molecule has 0 saturated carbocycles. The maximum atomic E-state index is 14.4. The van der Waals surface area contributed by atoms with Crippen LogP contribution in [0.3, 0.4) is 0 Å². The first-order valence-corrected chi connectivity index (χ1v) is 24.5.